The average Bonchev–Trinajstić information content (AvgIpc) is 2.67. The van der Waals surface area contributed by atoms with Crippen molar-refractivity contribution in [3.63, 3.8) is 0 Å². The Morgan fingerprint density at radius 3 is 2.82 bits per heavy atom. The topological polar surface area (TPSA) is 47.6 Å². The van der Waals surface area contributed by atoms with Crippen molar-refractivity contribution in [2.75, 3.05) is 6.54 Å². The zero-order valence-corrected chi connectivity index (χ0v) is 9.21. The maximum Gasteiger partial charge on any atom is 0.407 e. The Balaban J connectivity index is 2.16. The Hall–Kier alpha value is -1.56. The predicted molar refractivity (Wildman–Crippen MR) is 55.3 cm³/mol. The van der Waals surface area contributed by atoms with Crippen molar-refractivity contribution in [2.45, 2.75) is 12.7 Å². The molecule has 0 aromatic heterocycles. The SMILES string of the molecule is O=C1NCC(c2ccc(OC(F)F)c(Cl)c2)O1. The number of halogens is 3. The monoisotopic (exact) mass is 263 g/mol. The van der Waals surface area contributed by atoms with Gasteiger partial charge in [-0.2, -0.15) is 8.78 Å². The molecule has 92 valence electrons. The standard InChI is InChI=1S/C10H8ClF2NO3/c11-6-3-5(8-4-14-10(15)17-8)1-2-7(6)16-9(12)13/h1-3,8-9H,4H2,(H,14,15). The molecule has 0 bridgehead atoms. The van der Waals surface area contributed by atoms with E-state index in [0.717, 1.165) is 0 Å². The summed E-state index contributed by atoms with van der Waals surface area (Å²) in [6, 6.07) is 4.27. The number of hydrogen-bond acceptors (Lipinski definition) is 3. The summed E-state index contributed by atoms with van der Waals surface area (Å²) in [5.41, 5.74) is 0.620. The summed E-state index contributed by atoms with van der Waals surface area (Å²) in [5, 5.41) is 2.53. The summed E-state index contributed by atoms with van der Waals surface area (Å²) in [6.45, 7) is -2.60. The fourth-order valence-electron chi connectivity index (χ4n) is 1.48. The first-order chi connectivity index (χ1) is 8.06. The number of ether oxygens (including phenoxy) is 2. The molecule has 1 aliphatic rings. The van der Waals surface area contributed by atoms with Gasteiger partial charge in [0.2, 0.25) is 0 Å². The molecule has 1 N–H and O–H groups in total. The van der Waals surface area contributed by atoms with Crippen molar-refractivity contribution in [3.8, 4) is 5.75 Å². The van der Waals surface area contributed by atoms with Crippen LogP contribution in [0, 0.1) is 0 Å². The Morgan fingerprint density at radius 2 is 2.29 bits per heavy atom. The summed E-state index contributed by atoms with van der Waals surface area (Å²) in [4.78, 5) is 10.8. The molecule has 2 rings (SSSR count). The second-order valence-corrected chi connectivity index (χ2v) is 3.75. The number of alkyl halides is 2. The summed E-state index contributed by atoms with van der Waals surface area (Å²) in [7, 11) is 0. The van der Waals surface area contributed by atoms with Crippen molar-refractivity contribution in [3.05, 3.63) is 28.8 Å². The molecule has 0 radical (unpaired) electrons. The van der Waals surface area contributed by atoms with Crippen LogP contribution in [-0.4, -0.2) is 19.2 Å². The van der Waals surface area contributed by atoms with Crippen LogP contribution in [0.4, 0.5) is 13.6 Å². The van der Waals surface area contributed by atoms with Crippen molar-refractivity contribution in [1.82, 2.24) is 5.32 Å². The molecule has 0 saturated carbocycles. The first kappa shape index (κ1) is 11.9. The largest absolute Gasteiger partial charge is 0.439 e. The van der Waals surface area contributed by atoms with Gasteiger partial charge in [-0.25, -0.2) is 4.79 Å². The van der Waals surface area contributed by atoms with E-state index in [1.165, 1.54) is 18.2 Å². The van der Waals surface area contributed by atoms with E-state index < -0.39 is 18.8 Å². The lowest BCUT2D eigenvalue weighted by molar-refractivity contribution is -0.0498. The Bertz CT molecular complexity index is 442. The third kappa shape index (κ3) is 2.76. The number of alkyl carbamates (subject to hydrolysis) is 1. The van der Waals surface area contributed by atoms with Crippen molar-refractivity contribution < 1.29 is 23.0 Å². The molecule has 0 spiro atoms. The molecule has 17 heavy (non-hydrogen) atoms. The second-order valence-electron chi connectivity index (χ2n) is 3.34. The van der Waals surface area contributed by atoms with E-state index in [0.29, 0.717) is 12.1 Å². The summed E-state index contributed by atoms with van der Waals surface area (Å²) < 4.78 is 33.1. The Labute approximate surface area is 100 Å². The number of rotatable bonds is 3. The lowest BCUT2D eigenvalue weighted by Gasteiger charge is -2.11. The minimum atomic E-state index is -2.93. The average molecular weight is 264 g/mol. The third-order valence-corrected chi connectivity index (χ3v) is 2.52. The van der Waals surface area contributed by atoms with Gasteiger partial charge in [0.05, 0.1) is 11.6 Å². The molecule has 0 aliphatic carbocycles. The molecule has 1 unspecified atom stereocenters. The van der Waals surface area contributed by atoms with Gasteiger partial charge in [0, 0.05) is 0 Å². The van der Waals surface area contributed by atoms with Crippen LogP contribution < -0.4 is 10.1 Å². The van der Waals surface area contributed by atoms with Gasteiger partial charge >= 0.3 is 12.7 Å². The zero-order chi connectivity index (χ0) is 12.4. The van der Waals surface area contributed by atoms with Gasteiger partial charge in [-0.1, -0.05) is 17.7 Å². The Morgan fingerprint density at radius 1 is 1.53 bits per heavy atom. The van der Waals surface area contributed by atoms with E-state index in [-0.39, 0.29) is 10.8 Å². The first-order valence-electron chi connectivity index (χ1n) is 4.75. The highest BCUT2D eigenvalue weighted by Gasteiger charge is 2.24. The van der Waals surface area contributed by atoms with E-state index in [9.17, 15) is 13.6 Å². The summed E-state index contributed by atoms with van der Waals surface area (Å²) in [6.07, 6.45) is -0.973. The second kappa shape index (κ2) is 4.75. The van der Waals surface area contributed by atoms with Gasteiger partial charge in [-0.15, -0.1) is 0 Å². The van der Waals surface area contributed by atoms with Crippen LogP contribution in [0.2, 0.25) is 5.02 Å². The van der Waals surface area contributed by atoms with Crippen LogP contribution in [0.3, 0.4) is 0 Å². The van der Waals surface area contributed by atoms with E-state index in [4.69, 9.17) is 16.3 Å². The van der Waals surface area contributed by atoms with Crippen molar-refractivity contribution in [2.24, 2.45) is 0 Å². The molecule has 1 fully saturated rings. The predicted octanol–water partition coefficient (Wildman–Crippen LogP) is 2.72. The molecule has 1 aromatic rings. The van der Waals surface area contributed by atoms with E-state index in [1.54, 1.807) is 0 Å². The number of benzene rings is 1. The lowest BCUT2D eigenvalue weighted by Crippen LogP contribution is -2.12. The number of nitrogens with one attached hydrogen (secondary N) is 1. The normalized spacial score (nSPS) is 19.1. The maximum absolute atomic E-state index is 12.0. The quantitative estimate of drug-likeness (QED) is 0.912. The molecule has 1 amide bonds. The van der Waals surface area contributed by atoms with Crippen LogP contribution in [-0.2, 0) is 4.74 Å². The van der Waals surface area contributed by atoms with Crippen LogP contribution >= 0.6 is 11.6 Å². The smallest absolute Gasteiger partial charge is 0.407 e. The first-order valence-corrected chi connectivity index (χ1v) is 5.13. The molecule has 1 atom stereocenters. The third-order valence-electron chi connectivity index (χ3n) is 2.22. The highest BCUT2D eigenvalue weighted by molar-refractivity contribution is 6.32. The minimum Gasteiger partial charge on any atom is -0.439 e. The molecular formula is C10H8ClF2NO3. The molecule has 1 heterocycles. The van der Waals surface area contributed by atoms with E-state index in [1.807, 2.05) is 0 Å². The molecular weight excluding hydrogens is 256 g/mol. The number of carbonyl (C=O) groups is 1. The number of hydrogen-bond donors (Lipinski definition) is 1. The molecule has 1 saturated heterocycles. The number of cyclic esters (lactones) is 1. The number of carbonyl (C=O) groups excluding carboxylic acids is 1. The molecule has 7 heteroatoms. The van der Waals surface area contributed by atoms with Gasteiger partial charge in [0.25, 0.3) is 0 Å². The zero-order valence-electron chi connectivity index (χ0n) is 8.45. The maximum atomic E-state index is 12.0. The van der Waals surface area contributed by atoms with Crippen LogP contribution in [0.25, 0.3) is 0 Å². The molecule has 1 aliphatic heterocycles. The molecule has 4 nitrogen and oxygen atoms in total. The highest BCUT2D eigenvalue weighted by Crippen LogP contribution is 2.31. The van der Waals surface area contributed by atoms with Crippen LogP contribution in [0.5, 0.6) is 5.75 Å². The van der Waals surface area contributed by atoms with Crippen LogP contribution in [0.1, 0.15) is 11.7 Å². The lowest BCUT2D eigenvalue weighted by atomic mass is 10.1. The highest BCUT2D eigenvalue weighted by atomic mass is 35.5. The van der Waals surface area contributed by atoms with Crippen LogP contribution in [0.15, 0.2) is 18.2 Å². The van der Waals surface area contributed by atoms with E-state index in [2.05, 4.69) is 10.1 Å². The van der Waals surface area contributed by atoms with Gasteiger partial charge in [0.15, 0.2) is 0 Å². The van der Waals surface area contributed by atoms with E-state index >= 15 is 0 Å². The van der Waals surface area contributed by atoms with Gasteiger partial charge < -0.3 is 14.8 Å². The minimum absolute atomic E-state index is 0.0470. The fourth-order valence-corrected chi connectivity index (χ4v) is 1.72. The van der Waals surface area contributed by atoms with Crippen molar-refractivity contribution in [1.29, 1.82) is 0 Å². The van der Waals surface area contributed by atoms with Crippen molar-refractivity contribution >= 4 is 17.7 Å². The van der Waals surface area contributed by atoms with Gasteiger partial charge in [-0.3, -0.25) is 0 Å². The Kier molecular flexibility index (Phi) is 3.33. The summed E-state index contributed by atoms with van der Waals surface area (Å²) in [5.74, 6) is -0.109. The molecule has 1 aromatic carbocycles. The van der Waals surface area contributed by atoms with Gasteiger partial charge in [0.1, 0.15) is 11.9 Å². The van der Waals surface area contributed by atoms with Gasteiger partial charge in [-0.05, 0) is 17.7 Å². The number of amides is 1. The summed E-state index contributed by atoms with van der Waals surface area (Å²) >= 11 is 5.77. The fraction of sp³-hybridized carbons (Fsp3) is 0.300.